The smallest absolute Gasteiger partial charge is 0.148 e. The first kappa shape index (κ1) is 15.5. The zero-order valence-electron chi connectivity index (χ0n) is 13.0. The first-order valence-electron chi connectivity index (χ1n) is 7.78. The first-order valence-corrected chi connectivity index (χ1v) is 7.78. The van der Waals surface area contributed by atoms with Crippen LogP contribution in [0.15, 0.2) is 54.6 Å². The second kappa shape index (κ2) is 7.76. The quantitative estimate of drug-likeness (QED) is 0.650. The van der Waals surface area contributed by atoms with Crippen LogP contribution >= 0.6 is 0 Å². The van der Waals surface area contributed by atoms with Gasteiger partial charge in [0.15, 0.2) is 0 Å². The SMILES string of the molecule is NCCOCCn1c(COc2ccccc2)nc2ccccc21. The van der Waals surface area contributed by atoms with Crippen LogP contribution in [0.2, 0.25) is 0 Å². The van der Waals surface area contributed by atoms with Crippen molar-refractivity contribution < 1.29 is 9.47 Å². The zero-order valence-corrected chi connectivity index (χ0v) is 13.0. The number of benzene rings is 2. The minimum atomic E-state index is 0.426. The van der Waals surface area contributed by atoms with Gasteiger partial charge in [0.1, 0.15) is 18.2 Å². The lowest BCUT2D eigenvalue weighted by atomic mass is 10.3. The second-order valence-corrected chi connectivity index (χ2v) is 5.17. The molecule has 0 bridgehead atoms. The maximum absolute atomic E-state index is 5.85. The minimum absolute atomic E-state index is 0.426. The molecule has 2 N–H and O–H groups in total. The van der Waals surface area contributed by atoms with Crippen LogP contribution in [0.1, 0.15) is 5.82 Å². The van der Waals surface area contributed by atoms with Gasteiger partial charge in [-0.3, -0.25) is 0 Å². The number of aromatic nitrogens is 2. The van der Waals surface area contributed by atoms with E-state index in [0.29, 0.717) is 26.4 Å². The summed E-state index contributed by atoms with van der Waals surface area (Å²) in [5.74, 6) is 1.73. The summed E-state index contributed by atoms with van der Waals surface area (Å²) in [7, 11) is 0. The number of rotatable bonds is 8. The molecule has 3 rings (SSSR count). The summed E-state index contributed by atoms with van der Waals surface area (Å²) in [6, 6.07) is 17.9. The first-order chi connectivity index (χ1) is 11.4. The fourth-order valence-corrected chi connectivity index (χ4v) is 2.49. The molecule has 0 amide bonds. The highest BCUT2D eigenvalue weighted by Gasteiger charge is 2.10. The number of hydrogen-bond acceptors (Lipinski definition) is 4. The summed E-state index contributed by atoms with van der Waals surface area (Å²) < 4.78 is 13.5. The third-order valence-electron chi connectivity index (χ3n) is 3.57. The number of nitrogens with zero attached hydrogens (tertiary/aromatic N) is 2. The van der Waals surface area contributed by atoms with E-state index in [0.717, 1.165) is 29.2 Å². The average molecular weight is 311 g/mol. The number of hydrogen-bond donors (Lipinski definition) is 1. The Morgan fingerprint density at radius 1 is 0.957 bits per heavy atom. The molecule has 0 saturated heterocycles. The van der Waals surface area contributed by atoms with Crippen LogP contribution in [0.3, 0.4) is 0 Å². The molecule has 0 radical (unpaired) electrons. The Morgan fingerprint density at radius 2 is 1.74 bits per heavy atom. The largest absolute Gasteiger partial charge is 0.486 e. The molecule has 0 aliphatic rings. The van der Waals surface area contributed by atoms with Gasteiger partial charge in [0, 0.05) is 13.1 Å². The number of ether oxygens (including phenoxy) is 2. The van der Waals surface area contributed by atoms with Crippen molar-refractivity contribution >= 4 is 11.0 Å². The lowest BCUT2D eigenvalue weighted by Crippen LogP contribution is -2.14. The summed E-state index contributed by atoms with van der Waals surface area (Å²) in [5.41, 5.74) is 7.52. The van der Waals surface area contributed by atoms with Crippen LogP contribution in [-0.4, -0.2) is 29.3 Å². The number of imidazole rings is 1. The Bertz CT molecular complexity index is 740. The van der Waals surface area contributed by atoms with Crippen LogP contribution in [0.25, 0.3) is 11.0 Å². The van der Waals surface area contributed by atoms with Crippen LogP contribution in [0.4, 0.5) is 0 Å². The summed E-state index contributed by atoms with van der Waals surface area (Å²) in [6.07, 6.45) is 0. The lowest BCUT2D eigenvalue weighted by molar-refractivity contribution is 0.132. The molecule has 5 heteroatoms. The molecule has 0 saturated carbocycles. The molecule has 0 aliphatic heterocycles. The third-order valence-corrected chi connectivity index (χ3v) is 3.57. The lowest BCUT2D eigenvalue weighted by Gasteiger charge is -2.10. The van der Waals surface area contributed by atoms with Crippen LogP contribution in [0, 0.1) is 0 Å². The molecule has 1 heterocycles. The van der Waals surface area contributed by atoms with Gasteiger partial charge in [-0.1, -0.05) is 30.3 Å². The van der Waals surface area contributed by atoms with E-state index >= 15 is 0 Å². The van der Waals surface area contributed by atoms with Gasteiger partial charge < -0.3 is 19.8 Å². The van der Waals surface area contributed by atoms with Gasteiger partial charge >= 0.3 is 0 Å². The standard InChI is InChI=1S/C18H21N3O2/c19-10-12-22-13-11-21-17-9-5-4-8-16(17)20-18(21)14-23-15-6-2-1-3-7-15/h1-9H,10-14,19H2. The summed E-state index contributed by atoms with van der Waals surface area (Å²) >= 11 is 0. The Kier molecular flexibility index (Phi) is 5.24. The topological polar surface area (TPSA) is 62.3 Å². The summed E-state index contributed by atoms with van der Waals surface area (Å²) in [4.78, 5) is 4.68. The minimum Gasteiger partial charge on any atom is -0.486 e. The van der Waals surface area contributed by atoms with Gasteiger partial charge in [-0.05, 0) is 24.3 Å². The molecule has 0 fully saturated rings. The van der Waals surface area contributed by atoms with Crippen molar-refractivity contribution in [3.05, 3.63) is 60.4 Å². The van der Waals surface area contributed by atoms with Crippen LogP contribution < -0.4 is 10.5 Å². The van der Waals surface area contributed by atoms with E-state index in [1.165, 1.54) is 0 Å². The zero-order chi connectivity index (χ0) is 15.9. The van der Waals surface area contributed by atoms with E-state index in [9.17, 15) is 0 Å². The van der Waals surface area contributed by atoms with E-state index in [-0.39, 0.29) is 0 Å². The van der Waals surface area contributed by atoms with Crippen LogP contribution in [0.5, 0.6) is 5.75 Å². The van der Waals surface area contributed by atoms with Crippen molar-refractivity contribution in [2.45, 2.75) is 13.2 Å². The molecular weight excluding hydrogens is 290 g/mol. The van der Waals surface area contributed by atoms with Crippen molar-refractivity contribution in [3.63, 3.8) is 0 Å². The van der Waals surface area contributed by atoms with E-state index in [1.807, 2.05) is 48.5 Å². The maximum Gasteiger partial charge on any atom is 0.148 e. The third kappa shape index (κ3) is 3.88. The Balaban J connectivity index is 1.77. The van der Waals surface area contributed by atoms with Crippen LogP contribution in [-0.2, 0) is 17.9 Å². The van der Waals surface area contributed by atoms with E-state index in [1.54, 1.807) is 0 Å². The second-order valence-electron chi connectivity index (χ2n) is 5.17. The predicted octanol–water partition coefficient (Wildman–Crippen LogP) is 2.59. The highest BCUT2D eigenvalue weighted by molar-refractivity contribution is 5.75. The van der Waals surface area contributed by atoms with E-state index in [2.05, 4.69) is 15.6 Å². The summed E-state index contributed by atoms with van der Waals surface area (Å²) in [6.45, 7) is 2.87. The highest BCUT2D eigenvalue weighted by Crippen LogP contribution is 2.18. The average Bonchev–Trinajstić information content (AvgIpc) is 2.95. The molecule has 0 unspecified atom stereocenters. The Labute approximate surface area is 135 Å². The highest BCUT2D eigenvalue weighted by atomic mass is 16.5. The molecule has 5 nitrogen and oxygen atoms in total. The van der Waals surface area contributed by atoms with Gasteiger partial charge in [0.25, 0.3) is 0 Å². The number of nitrogens with two attached hydrogens (primary N) is 1. The predicted molar refractivity (Wildman–Crippen MR) is 90.4 cm³/mol. The van der Waals surface area contributed by atoms with E-state index in [4.69, 9.17) is 15.2 Å². The Morgan fingerprint density at radius 3 is 2.57 bits per heavy atom. The van der Waals surface area contributed by atoms with E-state index < -0.39 is 0 Å². The van der Waals surface area contributed by atoms with Gasteiger partial charge in [-0.2, -0.15) is 0 Å². The fourth-order valence-electron chi connectivity index (χ4n) is 2.49. The van der Waals surface area contributed by atoms with Crippen molar-refractivity contribution in [2.24, 2.45) is 5.73 Å². The van der Waals surface area contributed by atoms with Gasteiger partial charge in [-0.15, -0.1) is 0 Å². The Hall–Kier alpha value is -2.37. The van der Waals surface area contributed by atoms with Crippen molar-refractivity contribution in [3.8, 4) is 5.75 Å². The van der Waals surface area contributed by atoms with Gasteiger partial charge in [0.05, 0.1) is 24.2 Å². The van der Waals surface area contributed by atoms with Gasteiger partial charge in [-0.25, -0.2) is 4.98 Å². The number of para-hydroxylation sites is 3. The fraction of sp³-hybridized carbons (Fsp3) is 0.278. The molecule has 23 heavy (non-hydrogen) atoms. The molecule has 0 atom stereocenters. The van der Waals surface area contributed by atoms with Crippen molar-refractivity contribution in [2.75, 3.05) is 19.8 Å². The maximum atomic E-state index is 5.85. The summed E-state index contributed by atoms with van der Waals surface area (Å²) in [5, 5.41) is 0. The van der Waals surface area contributed by atoms with Gasteiger partial charge in [0.2, 0.25) is 0 Å². The number of fused-ring (bicyclic) bond motifs is 1. The molecule has 2 aromatic carbocycles. The van der Waals surface area contributed by atoms with Crippen molar-refractivity contribution in [1.82, 2.24) is 9.55 Å². The molecule has 3 aromatic rings. The molecular formula is C18H21N3O2. The molecule has 0 aliphatic carbocycles. The normalized spacial score (nSPS) is 11.0. The molecule has 0 spiro atoms. The molecule has 120 valence electrons. The molecule has 1 aromatic heterocycles. The van der Waals surface area contributed by atoms with Crippen molar-refractivity contribution in [1.29, 1.82) is 0 Å². The monoisotopic (exact) mass is 311 g/mol.